The number of aliphatic hydroxyl groups is 3. The number of thiocarbonyl (C=S) groups is 1. The van der Waals surface area contributed by atoms with Crippen LogP contribution in [0.25, 0.3) is 0 Å². The molecule has 0 aliphatic carbocycles. The van der Waals surface area contributed by atoms with Crippen LogP contribution in [0.1, 0.15) is 20.3 Å². The van der Waals surface area contributed by atoms with Crippen molar-refractivity contribution in [1.29, 1.82) is 0 Å². The van der Waals surface area contributed by atoms with Crippen molar-refractivity contribution in [3.8, 4) is 5.75 Å². The summed E-state index contributed by atoms with van der Waals surface area (Å²) in [6, 6.07) is 6.75. The molecule has 1 aromatic rings. The van der Waals surface area contributed by atoms with Gasteiger partial charge in [0.2, 0.25) is 6.29 Å². The van der Waals surface area contributed by atoms with Crippen molar-refractivity contribution in [2.75, 3.05) is 11.5 Å². The van der Waals surface area contributed by atoms with E-state index in [0.717, 1.165) is 0 Å². The van der Waals surface area contributed by atoms with Crippen LogP contribution in [0, 0.1) is 0 Å². The zero-order valence-electron chi connectivity index (χ0n) is 16.0. The predicted molar refractivity (Wildman–Crippen MR) is 110 cm³/mol. The molecule has 7 N–H and O–H groups in total. The van der Waals surface area contributed by atoms with Gasteiger partial charge in [-0.2, -0.15) is 0 Å². The normalized spacial score (nSPS) is 27.5. The lowest BCUT2D eigenvalue weighted by Gasteiger charge is -2.40. The summed E-state index contributed by atoms with van der Waals surface area (Å²) in [5.74, 6) is 0.319. The SMILES string of the molecule is CC(C)NC(=S)Nc1ccc(O[C@@H]2O[C@H](CCP(=O)(O)O)[C@@H](O)[C@H](O)[C@@H]2O)cc1. The molecule has 1 heterocycles. The predicted octanol–water partition coefficient (Wildman–Crippen LogP) is 0.136. The number of nitrogens with one attached hydrogen (secondary N) is 2. The molecule has 0 saturated carbocycles. The van der Waals surface area contributed by atoms with Crippen molar-refractivity contribution >= 4 is 30.6 Å². The third-order valence-electron chi connectivity index (χ3n) is 4.16. The summed E-state index contributed by atoms with van der Waals surface area (Å²) in [6.45, 7) is 3.91. The second-order valence-corrected chi connectivity index (χ2v) is 9.27. The number of hydrogen-bond acceptors (Lipinski definition) is 7. The maximum atomic E-state index is 11.1. The van der Waals surface area contributed by atoms with E-state index < -0.39 is 44.5 Å². The van der Waals surface area contributed by atoms with E-state index in [0.29, 0.717) is 16.5 Å². The van der Waals surface area contributed by atoms with Crippen LogP contribution in [0.5, 0.6) is 5.75 Å². The lowest BCUT2D eigenvalue weighted by atomic mass is 9.97. The molecule has 1 fully saturated rings. The first kappa shape index (κ1) is 24.0. The minimum Gasteiger partial charge on any atom is -0.462 e. The molecule has 10 nitrogen and oxygen atoms in total. The Balaban J connectivity index is 1.99. The highest BCUT2D eigenvalue weighted by Crippen LogP contribution is 2.37. The van der Waals surface area contributed by atoms with Crippen LogP contribution < -0.4 is 15.4 Å². The van der Waals surface area contributed by atoms with Crippen LogP contribution in [-0.2, 0) is 9.30 Å². The molecule has 1 aliphatic heterocycles. The Morgan fingerprint density at radius 2 is 1.79 bits per heavy atom. The molecule has 29 heavy (non-hydrogen) atoms. The zero-order chi connectivity index (χ0) is 21.8. The summed E-state index contributed by atoms with van der Waals surface area (Å²) >= 11 is 5.17. The van der Waals surface area contributed by atoms with Crippen molar-refractivity contribution < 1.29 is 39.1 Å². The molecule has 0 amide bonds. The summed E-state index contributed by atoms with van der Waals surface area (Å²) in [4.78, 5) is 18.0. The zero-order valence-corrected chi connectivity index (χ0v) is 17.7. The fourth-order valence-electron chi connectivity index (χ4n) is 2.73. The van der Waals surface area contributed by atoms with E-state index in [2.05, 4.69) is 10.6 Å². The van der Waals surface area contributed by atoms with Crippen molar-refractivity contribution in [2.24, 2.45) is 0 Å². The second-order valence-electron chi connectivity index (χ2n) is 7.09. The van der Waals surface area contributed by atoms with E-state index in [1.807, 2.05) is 13.8 Å². The lowest BCUT2D eigenvalue weighted by molar-refractivity contribution is -0.272. The molecule has 2 rings (SSSR count). The Labute approximate surface area is 174 Å². The number of anilines is 1. The number of hydrogen-bond donors (Lipinski definition) is 7. The average molecular weight is 450 g/mol. The van der Waals surface area contributed by atoms with Gasteiger partial charge in [-0.1, -0.05) is 0 Å². The van der Waals surface area contributed by atoms with Gasteiger partial charge in [0.25, 0.3) is 0 Å². The minimum atomic E-state index is -4.31. The van der Waals surface area contributed by atoms with Gasteiger partial charge in [-0.15, -0.1) is 0 Å². The Kier molecular flexibility index (Phi) is 8.38. The fourth-order valence-corrected chi connectivity index (χ4v) is 3.67. The number of ether oxygens (including phenoxy) is 2. The second kappa shape index (κ2) is 10.1. The van der Waals surface area contributed by atoms with Crippen molar-refractivity contribution in [1.82, 2.24) is 5.32 Å². The molecule has 0 unspecified atom stereocenters. The van der Waals surface area contributed by atoms with Crippen LogP contribution in [0.2, 0.25) is 0 Å². The Hall–Kier alpha value is -1.30. The number of aliphatic hydroxyl groups excluding tert-OH is 3. The molecule has 1 aliphatic rings. The van der Waals surface area contributed by atoms with Gasteiger partial charge < -0.3 is 45.2 Å². The minimum absolute atomic E-state index is 0.183. The topological polar surface area (TPSA) is 161 Å². The molecule has 0 aromatic heterocycles. The first-order valence-corrected chi connectivity index (χ1v) is 11.3. The smallest absolute Gasteiger partial charge is 0.325 e. The quantitative estimate of drug-likeness (QED) is 0.223. The van der Waals surface area contributed by atoms with Gasteiger partial charge in [-0.25, -0.2) is 0 Å². The molecule has 0 spiro atoms. The molecule has 0 bridgehead atoms. The van der Waals surface area contributed by atoms with E-state index in [1.54, 1.807) is 24.3 Å². The summed E-state index contributed by atoms with van der Waals surface area (Å²) < 4.78 is 22.1. The molecular weight excluding hydrogens is 423 g/mol. The average Bonchev–Trinajstić information content (AvgIpc) is 2.61. The number of rotatable bonds is 7. The summed E-state index contributed by atoms with van der Waals surface area (Å²) in [5, 5.41) is 36.7. The summed E-state index contributed by atoms with van der Waals surface area (Å²) in [6.07, 6.45) is -7.80. The highest BCUT2D eigenvalue weighted by Gasteiger charge is 2.45. The van der Waals surface area contributed by atoms with Gasteiger partial charge in [-0.05, 0) is 56.8 Å². The van der Waals surface area contributed by atoms with Gasteiger partial charge >= 0.3 is 7.60 Å². The van der Waals surface area contributed by atoms with Gasteiger partial charge in [-0.3, -0.25) is 4.57 Å². The molecule has 1 saturated heterocycles. The van der Waals surface area contributed by atoms with Crippen molar-refractivity contribution in [3.05, 3.63) is 24.3 Å². The fraction of sp³-hybridized carbons (Fsp3) is 0.588. The van der Waals surface area contributed by atoms with Gasteiger partial charge in [0, 0.05) is 11.7 Å². The molecule has 164 valence electrons. The van der Waals surface area contributed by atoms with Crippen LogP contribution in [-0.4, -0.2) is 73.1 Å². The Bertz CT molecular complexity index is 729. The Morgan fingerprint density at radius 3 is 2.34 bits per heavy atom. The summed E-state index contributed by atoms with van der Waals surface area (Å²) in [7, 11) is -4.31. The third kappa shape index (κ3) is 7.47. The third-order valence-corrected chi connectivity index (χ3v) is 5.22. The maximum absolute atomic E-state index is 11.1. The maximum Gasteiger partial charge on any atom is 0.325 e. The van der Waals surface area contributed by atoms with Crippen LogP contribution in [0.4, 0.5) is 5.69 Å². The van der Waals surface area contributed by atoms with Crippen LogP contribution >= 0.6 is 19.8 Å². The molecule has 5 atom stereocenters. The van der Waals surface area contributed by atoms with E-state index in [1.165, 1.54) is 0 Å². The van der Waals surface area contributed by atoms with Gasteiger partial charge in [0.05, 0.1) is 12.3 Å². The van der Waals surface area contributed by atoms with Crippen molar-refractivity contribution in [2.45, 2.75) is 57.0 Å². The largest absolute Gasteiger partial charge is 0.462 e. The van der Waals surface area contributed by atoms with Crippen LogP contribution in [0.3, 0.4) is 0 Å². The van der Waals surface area contributed by atoms with Gasteiger partial charge in [0.1, 0.15) is 24.1 Å². The van der Waals surface area contributed by atoms with E-state index in [4.69, 9.17) is 31.5 Å². The lowest BCUT2D eigenvalue weighted by Crippen LogP contribution is -2.59. The highest BCUT2D eigenvalue weighted by atomic mass is 32.1. The molecule has 0 radical (unpaired) electrons. The van der Waals surface area contributed by atoms with Gasteiger partial charge in [0.15, 0.2) is 5.11 Å². The monoisotopic (exact) mass is 450 g/mol. The molecule has 1 aromatic carbocycles. The van der Waals surface area contributed by atoms with E-state index in [9.17, 15) is 19.9 Å². The highest BCUT2D eigenvalue weighted by molar-refractivity contribution is 7.80. The first-order valence-electron chi connectivity index (χ1n) is 9.05. The van der Waals surface area contributed by atoms with E-state index >= 15 is 0 Å². The Morgan fingerprint density at radius 1 is 1.17 bits per heavy atom. The molecule has 12 heteroatoms. The number of benzene rings is 1. The summed E-state index contributed by atoms with van der Waals surface area (Å²) in [5.41, 5.74) is 0.704. The molecular formula is C17H27N2O8PS. The van der Waals surface area contributed by atoms with E-state index in [-0.39, 0.29) is 12.5 Å². The van der Waals surface area contributed by atoms with Crippen LogP contribution in [0.15, 0.2) is 24.3 Å². The first-order chi connectivity index (χ1) is 13.5. The van der Waals surface area contributed by atoms with Crippen molar-refractivity contribution in [3.63, 3.8) is 0 Å². The standard InChI is InChI=1S/C17H27N2O8PS/c1-9(2)18-17(29)19-10-3-5-11(6-4-10)26-16-15(22)14(21)13(20)12(27-16)7-8-28(23,24)25/h3-6,9,12-16,20-22H,7-8H2,1-2H3,(H2,18,19,29)(H2,23,24,25)/t12-,13-,14+,15+,16-/m1/s1.